The quantitative estimate of drug-likeness (QED) is 0.852. The van der Waals surface area contributed by atoms with E-state index in [0.717, 1.165) is 5.56 Å². The number of carbonyl (C=O) groups excluding carboxylic acids is 1. The number of sulfonamides is 1. The van der Waals surface area contributed by atoms with Crippen molar-refractivity contribution in [2.75, 3.05) is 31.6 Å². The van der Waals surface area contributed by atoms with E-state index in [1.54, 1.807) is 14.6 Å². The van der Waals surface area contributed by atoms with E-state index >= 15 is 0 Å². The van der Waals surface area contributed by atoms with Crippen LogP contribution >= 0.6 is 11.3 Å². The SMILES string of the molecule is CS(=O)(=O)N1C[C@H]2CN(C(=O)c3csc(N)n3)C[C@H]2[C@@H]1c1ccccc1. The molecule has 1 amide bonds. The highest BCUT2D eigenvalue weighted by atomic mass is 32.2. The van der Waals surface area contributed by atoms with Gasteiger partial charge in [0.15, 0.2) is 5.13 Å². The second-order valence-electron chi connectivity index (χ2n) is 6.89. The Hall–Kier alpha value is -1.97. The minimum absolute atomic E-state index is 0.0760. The van der Waals surface area contributed by atoms with Crippen molar-refractivity contribution in [3.05, 3.63) is 47.0 Å². The van der Waals surface area contributed by atoms with Crippen LogP contribution in [0.3, 0.4) is 0 Å². The Bertz CT molecular complexity index is 928. The Morgan fingerprint density at radius 3 is 2.58 bits per heavy atom. The van der Waals surface area contributed by atoms with Gasteiger partial charge in [0.2, 0.25) is 10.0 Å². The van der Waals surface area contributed by atoms with E-state index in [1.807, 2.05) is 30.3 Å². The molecule has 2 aromatic rings. The Morgan fingerprint density at radius 2 is 1.96 bits per heavy atom. The van der Waals surface area contributed by atoms with Crippen LogP contribution in [0, 0.1) is 11.8 Å². The number of aromatic nitrogens is 1. The highest BCUT2D eigenvalue weighted by molar-refractivity contribution is 7.88. The van der Waals surface area contributed by atoms with Crippen LogP contribution in [-0.2, 0) is 10.0 Å². The maximum atomic E-state index is 12.7. The van der Waals surface area contributed by atoms with E-state index in [-0.39, 0.29) is 23.8 Å². The molecule has 4 rings (SSSR count). The standard InChI is InChI=1S/C17H20N4O3S2/c1-26(23,24)21-8-12-7-20(16(22)14-10-25-17(18)19-14)9-13(12)15(21)11-5-3-2-4-6-11/h2-6,10,12-13,15H,7-9H2,1H3,(H2,18,19)/t12-,13-,15+/m1/s1. The molecule has 2 aliphatic rings. The summed E-state index contributed by atoms with van der Waals surface area (Å²) < 4.78 is 26.2. The highest BCUT2D eigenvalue weighted by Gasteiger charge is 2.51. The molecule has 2 N–H and O–H groups in total. The van der Waals surface area contributed by atoms with Gasteiger partial charge >= 0.3 is 0 Å². The lowest BCUT2D eigenvalue weighted by Gasteiger charge is -2.28. The van der Waals surface area contributed by atoms with Gasteiger partial charge in [0.25, 0.3) is 5.91 Å². The van der Waals surface area contributed by atoms with Crippen LogP contribution in [0.25, 0.3) is 0 Å². The molecule has 0 aliphatic carbocycles. The minimum atomic E-state index is -3.33. The monoisotopic (exact) mass is 392 g/mol. The van der Waals surface area contributed by atoms with Gasteiger partial charge < -0.3 is 10.6 Å². The number of nitrogen functional groups attached to an aromatic ring is 1. The molecule has 138 valence electrons. The molecule has 2 aliphatic heterocycles. The van der Waals surface area contributed by atoms with Crippen molar-refractivity contribution < 1.29 is 13.2 Å². The van der Waals surface area contributed by atoms with Crippen LogP contribution in [0.4, 0.5) is 5.13 Å². The number of anilines is 1. The minimum Gasteiger partial charge on any atom is -0.375 e. The van der Waals surface area contributed by atoms with Gasteiger partial charge in [0, 0.05) is 30.9 Å². The topological polar surface area (TPSA) is 96.6 Å². The first kappa shape index (κ1) is 17.4. The molecule has 3 heterocycles. The molecular formula is C17H20N4O3S2. The zero-order valence-corrected chi connectivity index (χ0v) is 15.9. The molecule has 9 heteroatoms. The van der Waals surface area contributed by atoms with Crippen molar-refractivity contribution in [3.63, 3.8) is 0 Å². The van der Waals surface area contributed by atoms with E-state index in [9.17, 15) is 13.2 Å². The lowest BCUT2D eigenvalue weighted by atomic mass is 9.90. The van der Waals surface area contributed by atoms with Crippen molar-refractivity contribution in [3.8, 4) is 0 Å². The Kier molecular flexibility index (Phi) is 4.25. The number of carbonyl (C=O) groups is 1. The van der Waals surface area contributed by atoms with E-state index in [0.29, 0.717) is 30.5 Å². The molecule has 1 aromatic carbocycles. The van der Waals surface area contributed by atoms with Crippen molar-refractivity contribution >= 4 is 32.4 Å². The molecule has 7 nitrogen and oxygen atoms in total. The molecule has 2 saturated heterocycles. The van der Waals surface area contributed by atoms with E-state index in [1.165, 1.54) is 17.6 Å². The normalized spacial score (nSPS) is 26.2. The molecule has 0 unspecified atom stereocenters. The maximum absolute atomic E-state index is 12.7. The highest BCUT2D eigenvalue weighted by Crippen LogP contribution is 2.46. The zero-order valence-electron chi connectivity index (χ0n) is 14.3. The van der Waals surface area contributed by atoms with Crippen LogP contribution in [0.1, 0.15) is 22.1 Å². The third-order valence-electron chi connectivity index (χ3n) is 5.22. The van der Waals surface area contributed by atoms with Crippen LogP contribution in [0.5, 0.6) is 0 Å². The Morgan fingerprint density at radius 1 is 1.23 bits per heavy atom. The maximum Gasteiger partial charge on any atom is 0.273 e. The fourth-order valence-corrected chi connectivity index (χ4v) is 5.81. The van der Waals surface area contributed by atoms with Crippen molar-refractivity contribution in [1.29, 1.82) is 0 Å². The van der Waals surface area contributed by atoms with Crippen LogP contribution < -0.4 is 5.73 Å². The molecule has 0 radical (unpaired) electrons. The number of likely N-dealkylation sites (tertiary alicyclic amines) is 1. The van der Waals surface area contributed by atoms with Crippen LogP contribution in [-0.4, -0.2) is 54.4 Å². The van der Waals surface area contributed by atoms with Crippen molar-refractivity contribution in [2.45, 2.75) is 6.04 Å². The number of rotatable bonds is 3. The molecule has 0 saturated carbocycles. The third kappa shape index (κ3) is 3.00. The summed E-state index contributed by atoms with van der Waals surface area (Å²) in [6.45, 7) is 1.49. The van der Waals surface area contributed by atoms with Gasteiger partial charge in [-0.2, -0.15) is 4.31 Å². The molecule has 3 atom stereocenters. The van der Waals surface area contributed by atoms with E-state index < -0.39 is 10.0 Å². The van der Waals surface area contributed by atoms with Crippen LogP contribution in [0.2, 0.25) is 0 Å². The summed E-state index contributed by atoms with van der Waals surface area (Å²) in [4.78, 5) is 18.6. The fourth-order valence-electron chi connectivity index (χ4n) is 4.12. The summed E-state index contributed by atoms with van der Waals surface area (Å²) in [5, 5.41) is 2.04. The first-order chi connectivity index (χ1) is 12.3. The molecule has 2 fully saturated rings. The molecule has 26 heavy (non-hydrogen) atoms. The van der Waals surface area contributed by atoms with Gasteiger partial charge in [-0.15, -0.1) is 11.3 Å². The third-order valence-corrected chi connectivity index (χ3v) is 7.12. The van der Waals surface area contributed by atoms with Gasteiger partial charge in [-0.1, -0.05) is 30.3 Å². The predicted molar refractivity (Wildman–Crippen MR) is 100 cm³/mol. The number of amides is 1. The smallest absolute Gasteiger partial charge is 0.273 e. The number of nitrogens with two attached hydrogens (primary N) is 1. The van der Waals surface area contributed by atoms with E-state index in [4.69, 9.17) is 5.73 Å². The first-order valence-corrected chi connectivity index (χ1v) is 11.1. The van der Waals surface area contributed by atoms with Gasteiger partial charge in [0.05, 0.1) is 12.3 Å². The number of nitrogens with zero attached hydrogens (tertiary/aromatic N) is 3. The van der Waals surface area contributed by atoms with Gasteiger partial charge in [0.1, 0.15) is 5.69 Å². The number of benzene rings is 1. The van der Waals surface area contributed by atoms with Crippen molar-refractivity contribution in [1.82, 2.24) is 14.2 Å². The van der Waals surface area contributed by atoms with Gasteiger partial charge in [-0.25, -0.2) is 13.4 Å². The number of fused-ring (bicyclic) bond motifs is 1. The van der Waals surface area contributed by atoms with Gasteiger partial charge in [-0.3, -0.25) is 4.79 Å². The summed E-state index contributed by atoms with van der Waals surface area (Å²) in [6.07, 6.45) is 1.25. The van der Waals surface area contributed by atoms with E-state index in [2.05, 4.69) is 4.98 Å². The number of hydrogen-bond acceptors (Lipinski definition) is 6. The molecule has 0 spiro atoms. The number of thiazole rings is 1. The average Bonchev–Trinajstić information content (AvgIpc) is 3.27. The predicted octanol–water partition coefficient (Wildman–Crippen LogP) is 1.43. The Labute approximate surface area is 156 Å². The lowest BCUT2D eigenvalue weighted by Crippen LogP contribution is -2.37. The van der Waals surface area contributed by atoms with Crippen molar-refractivity contribution in [2.24, 2.45) is 11.8 Å². The molecular weight excluding hydrogens is 372 g/mol. The second kappa shape index (κ2) is 6.33. The first-order valence-electron chi connectivity index (χ1n) is 8.36. The number of hydrogen-bond donors (Lipinski definition) is 1. The summed E-state index contributed by atoms with van der Waals surface area (Å²) in [7, 11) is -3.33. The lowest BCUT2D eigenvalue weighted by molar-refractivity contribution is 0.0769. The summed E-state index contributed by atoms with van der Waals surface area (Å²) >= 11 is 1.25. The summed E-state index contributed by atoms with van der Waals surface area (Å²) in [5.41, 5.74) is 6.97. The average molecular weight is 393 g/mol. The largest absolute Gasteiger partial charge is 0.375 e. The second-order valence-corrected chi connectivity index (χ2v) is 9.72. The van der Waals surface area contributed by atoms with Gasteiger partial charge in [-0.05, 0) is 11.5 Å². The van der Waals surface area contributed by atoms with Crippen LogP contribution in [0.15, 0.2) is 35.7 Å². The summed E-state index contributed by atoms with van der Waals surface area (Å²) in [6, 6.07) is 9.42. The molecule has 1 aromatic heterocycles. The zero-order chi connectivity index (χ0) is 18.5. The fraction of sp³-hybridized carbons (Fsp3) is 0.412. The Balaban J connectivity index is 1.62. The molecule has 0 bridgehead atoms. The summed E-state index contributed by atoms with van der Waals surface area (Å²) in [5.74, 6) is 0.0620.